The fourth-order valence-corrected chi connectivity index (χ4v) is 2.18. The highest BCUT2D eigenvalue weighted by Gasteiger charge is 2.21. The van der Waals surface area contributed by atoms with Crippen molar-refractivity contribution in [1.29, 1.82) is 0 Å². The maximum Gasteiger partial charge on any atom is 0.216 e. The molecule has 1 N–H and O–H groups in total. The Morgan fingerprint density at radius 3 is 2.74 bits per heavy atom. The summed E-state index contributed by atoms with van der Waals surface area (Å²) in [5.74, 6) is 0.657. The molecule has 1 aliphatic rings. The van der Waals surface area contributed by atoms with E-state index in [2.05, 4.69) is 17.1 Å². The predicted molar refractivity (Wildman–Crippen MR) is 74.0 cm³/mol. The fourth-order valence-electron chi connectivity index (χ4n) is 2.18. The summed E-state index contributed by atoms with van der Waals surface area (Å²) < 4.78 is 5.67. The molecule has 0 fully saturated rings. The van der Waals surface area contributed by atoms with E-state index in [4.69, 9.17) is 9.84 Å². The molecule has 1 aliphatic heterocycles. The Hall–Kier alpha value is -2.13. The Kier molecular flexibility index (Phi) is 3.29. The van der Waals surface area contributed by atoms with Gasteiger partial charge in [0.05, 0.1) is 6.61 Å². The van der Waals surface area contributed by atoms with Crippen LogP contribution in [0.3, 0.4) is 0 Å². The number of nitrogens with zero attached hydrogens (tertiary/aromatic N) is 1. The Morgan fingerprint density at radius 1 is 1.11 bits per heavy atom. The van der Waals surface area contributed by atoms with Crippen LogP contribution in [0.4, 0.5) is 0 Å². The molecule has 1 atom stereocenters. The van der Waals surface area contributed by atoms with Crippen molar-refractivity contribution < 1.29 is 9.84 Å². The normalized spacial score (nSPS) is 17.9. The van der Waals surface area contributed by atoms with Crippen LogP contribution in [0.25, 0.3) is 0 Å². The highest BCUT2D eigenvalue weighted by molar-refractivity contribution is 5.95. The van der Waals surface area contributed by atoms with Crippen LogP contribution in [-0.2, 0) is 11.3 Å². The number of hydrogen-bond donors (Lipinski definition) is 1. The van der Waals surface area contributed by atoms with Crippen molar-refractivity contribution in [3.63, 3.8) is 0 Å². The van der Waals surface area contributed by atoms with E-state index in [1.54, 1.807) is 0 Å². The van der Waals surface area contributed by atoms with Gasteiger partial charge >= 0.3 is 0 Å². The summed E-state index contributed by atoms with van der Waals surface area (Å²) in [6.07, 6.45) is 0. The van der Waals surface area contributed by atoms with Crippen LogP contribution in [-0.4, -0.2) is 17.6 Å². The molecule has 2 aromatic carbocycles. The van der Waals surface area contributed by atoms with Crippen LogP contribution in [0.2, 0.25) is 0 Å². The van der Waals surface area contributed by atoms with Crippen molar-refractivity contribution in [3.8, 4) is 0 Å². The van der Waals surface area contributed by atoms with Gasteiger partial charge in [-0.2, -0.15) is 0 Å². The lowest BCUT2D eigenvalue weighted by Gasteiger charge is -2.03. The van der Waals surface area contributed by atoms with Crippen LogP contribution < -0.4 is 0 Å². The maximum absolute atomic E-state index is 9.15. The molecular formula is C16H15NO2. The molecule has 1 heterocycles. The van der Waals surface area contributed by atoms with E-state index in [9.17, 15) is 0 Å². The highest BCUT2D eigenvalue weighted by atomic mass is 16.5. The molecule has 19 heavy (non-hydrogen) atoms. The van der Waals surface area contributed by atoms with Crippen molar-refractivity contribution >= 4 is 5.90 Å². The van der Waals surface area contributed by atoms with Gasteiger partial charge in [0, 0.05) is 5.56 Å². The zero-order valence-corrected chi connectivity index (χ0v) is 10.5. The Morgan fingerprint density at radius 2 is 1.95 bits per heavy atom. The number of ether oxygens (including phenoxy) is 1. The maximum atomic E-state index is 9.15. The van der Waals surface area contributed by atoms with E-state index in [0.717, 1.165) is 16.7 Å². The first-order chi connectivity index (χ1) is 9.36. The molecule has 0 amide bonds. The van der Waals surface area contributed by atoms with Gasteiger partial charge in [-0.05, 0) is 23.3 Å². The van der Waals surface area contributed by atoms with Gasteiger partial charge in [0.2, 0.25) is 5.90 Å². The molecule has 3 rings (SSSR count). The highest BCUT2D eigenvalue weighted by Crippen LogP contribution is 2.25. The number of aliphatic hydroxyl groups excluding tert-OH is 1. The van der Waals surface area contributed by atoms with E-state index >= 15 is 0 Å². The largest absolute Gasteiger partial charge is 0.475 e. The first-order valence-electron chi connectivity index (χ1n) is 6.32. The lowest BCUT2D eigenvalue weighted by Crippen LogP contribution is -2.02. The van der Waals surface area contributed by atoms with E-state index in [-0.39, 0.29) is 12.6 Å². The van der Waals surface area contributed by atoms with Gasteiger partial charge in [-0.15, -0.1) is 0 Å². The molecule has 1 unspecified atom stereocenters. The third-order valence-electron chi connectivity index (χ3n) is 3.19. The predicted octanol–water partition coefficient (Wildman–Crippen LogP) is 2.70. The van der Waals surface area contributed by atoms with E-state index < -0.39 is 0 Å². The molecule has 3 nitrogen and oxygen atoms in total. The molecule has 0 saturated carbocycles. The van der Waals surface area contributed by atoms with Crippen LogP contribution in [0, 0.1) is 0 Å². The molecule has 0 radical (unpaired) electrons. The number of aliphatic imine (C=N–C) groups is 1. The van der Waals surface area contributed by atoms with Crippen LogP contribution in [0.1, 0.15) is 22.7 Å². The van der Waals surface area contributed by atoms with Crippen molar-refractivity contribution in [2.75, 3.05) is 6.61 Å². The Bertz CT molecular complexity index is 593. The average Bonchev–Trinajstić information content (AvgIpc) is 2.98. The molecule has 0 spiro atoms. The number of aliphatic hydroxyl groups is 1. The van der Waals surface area contributed by atoms with Gasteiger partial charge < -0.3 is 9.84 Å². The van der Waals surface area contributed by atoms with E-state index in [1.165, 1.54) is 0 Å². The van der Waals surface area contributed by atoms with Crippen molar-refractivity contribution in [1.82, 2.24) is 0 Å². The quantitative estimate of drug-likeness (QED) is 0.913. The van der Waals surface area contributed by atoms with Crippen molar-refractivity contribution in [3.05, 3.63) is 71.3 Å². The lowest BCUT2D eigenvalue weighted by atomic mass is 10.1. The minimum atomic E-state index is 0.0310. The average molecular weight is 253 g/mol. The summed E-state index contributed by atoms with van der Waals surface area (Å²) in [5, 5.41) is 9.15. The van der Waals surface area contributed by atoms with Gasteiger partial charge in [-0.1, -0.05) is 42.5 Å². The first-order valence-corrected chi connectivity index (χ1v) is 6.32. The van der Waals surface area contributed by atoms with Crippen LogP contribution >= 0.6 is 0 Å². The van der Waals surface area contributed by atoms with Gasteiger partial charge in [-0.3, -0.25) is 0 Å². The third kappa shape index (κ3) is 2.51. The lowest BCUT2D eigenvalue weighted by molar-refractivity contribution is 0.281. The molecule has 3 heteroatoms. The zero-order valence-electron chi connectivity index (χ0n) is 10.5. The van der Waals surface area contributed by atoms with Crippen LogP contribution in [0.5, 0.6) is 0 Å². The van der Waals surface area contributed by atoms with E-state index in [0.29, 0.717) is 12.5 Å². The molecule has 96 valence electrons. The van der Waals surface area contributed by atoms with Gasteiger partial charge in [-0.25, -0.2) is 4.99 Å². The Labute approximate surface area is 112 Å². The summed E-state index contributed by atoms with van der Waals surface area (Å²) in [4.78, 5) is 4.62. The van der Waals surface area contributed by atoms with Gasteiger partial charge in [0.15, 0.2) is 0 Å². The summed E-state index contributed by atoms with van der Waals surface area (Å²) in [5.41, 5.74) is 2.95. The second-order valence-electron chi connectivity index (χ2n) is 4.53. The molecule has 2 aromatic rings. The first kappa shape index (κ1) is 11.9. The number of benzene rings is 2. The second kappa shape index (κ2) is 5.24. The molecule has 0 aliphatic carbocycles. The minimum absolute atomic E-state index is 0.0310. The van der Waals surface area contributed by atoms with Gasteiger partial charge in [0.25, 0.3) is 0 Å². The summed E-state index contributed by atoms with van der Waals surface area (Å²) in [6, 6.07) is 17.8. The smallest absolute Gasteiger partial charge is 0.216 e. The monoisotopic (exact) mass is 253 g/mol. The molecule has 0 saturated heterocycles. The Balaban J connectivity index is 1.87. The SMILES string of the molecule is OCc1cccc(C2=NC(c3ccccc3)CO2)c1. The number of hydrogen-bond acceptors (Lipinski definition) is 3. The molecule has 0 bridgehead atoms. The van der Waals surface area contributed by atoms with E-state index in [1.807, 2.05) is 42.5 Å². The van der Waals surface area contributed by atoms with Crippen LogP contribution in [0.15, 0.2) is 59.6 Å². The summed E-state index contributed by atoms with van der Waals surface area (Å²) >= 11 is 0. The van der Waals surface area contributed by atoms with Gasteiger partial charge in [0.1, 0.15) is 12.6 Å². The summed E-state index contributed by atoms with van der Waals surface area (Å²) in [7, 11) is 0. The molecule has 0 aromatic heterocycles. The second-order valence-corrected chi connectivity index (χ2v) is 4.53. The topological polar surface area (TPSA) is 41.8 Å². The molecular weight excluding hydrogens is 238 g/mol. The fraction of sp³-hybridized carbons (Fsp3) is 0.188. The third-order valence-corrected chi connectivity index (χ3v) is 3.19. The summed E-state index contributed by atoms with van der Waals surface area (Å²) in [6.45, 7) is 0.603. The van der Waals surface area contributed by atoms with Crippen molar-refractivity contribution in [2.24, 2.45) is 4.99 Å². The zero-order chi connectivity index (χ0) is 13.1. The number of rotatable bonds is 3. The standard InChI is InChI=1S/C16H15NO2/c18-10-12-5-4-8-14(9-12)16-17-15(11-19-16)13-6-2-1-3-7-13/h1-9,15,18H,10-11H2. The van der Waals surface area contributed by atoms with Crippen molar-refractivity contribution in [2.45, 2.75) is 12.6 Å². The minimum Gasteiger partial charge on any atom is -0.475 e.